The fraction of sp³-hybridized carbons (Fsp3) is 0.407. The van der Waals surface area contributed by atoms with Crippen molar-refractivity contribution in [2.24, 2.45) is 11.7 Å². The van der Waals surface area contributed by atoms with Gasteiger partial charge in [-0.2, -0.15) is 0 Å². The van der Waals surface area contributed by atoms with Crippen LogP contribution in [-0.4, -0.2) is 58.0 Å². The molecule has 0 aliphatic carbocycles. The SMILES string of the molecule is CC(C)N1CCOc2c(F)cc(-c3nc(Nc4ccc(CN5CCC(C(N)=O)CC5)cn4)ncc3F)cc21. The standard InChI is InChI=1S/C27H31F2N7O2/c1-16(2)36-9-10-38-25-20(28)11-19(12-22(25)36)24-21(29)14-32-27(34-24)33-23-4-3-17(13-31-23)15-35-7-5-18(6-8-35)26(30)37/h3-4,11-14,16,18H,5-10,15H2,1-2H3,(H2,30,37)(H,31,32,33,34). The van der Waals surface area contributed by atoms with Crippen LogP contribution in [0.2, 0.25) is 0 Å². The smallest absolute Gasteiger partial charge is 0.229 e. The lowest BCUT2D eigenvalue weighted by atomic mass is 9.96. The predicted molar refractivity (Wildman–Crippen MR) is 140 cm³/mol. The van der Waals surface area contributed by atoms with E-state index >= 15 is 0 Å². The Morgan fingerprint density at radius 1 is 1.13 bits per heavy atom. The van der Waals surface area contributed by atoms with Crippen LogP contribution in [0.1, 0.15) is 32.3 Å². The van der Waals surface area contributed by atoms with E-state index in [1.54, 1.807) is 18.3 Å². The van der Waals surface area contributed by atoms with E-state index in [2.05, 4.69) is 25.2 Å². The Hall–Kier alpha value is -3.86. The number of carbonyl (C=O) groups is 1. The van der Waals surface area contributed by atoms with Crippen molar-refractivity contribution in [2.45, 2.75) is 39.3 Å². The lowest BCUT2D eigenvalue weighted by molar-refractivity contribution is -0.123. The molecule has 38 heavy (non-hydrogen) atoms. The number of halogens is 2. The van der Waals surface area contributed by atoms with Gasteiger partial charge in [0.2, 0.25) is 11.9 Å². The summed E-state index contributed by atoms with van der Waals surface area (Å²) < 4.78 is 35.3. The van der Waals surface area contributed by atoms with Crippen LogP contribution >= 0.6 is 0 Å². The second kappa shape index (κ2) is 10.9. The molecule has 0 radical (unpaired) electrons. The number of nitrogens with one attached hydrogen (secondary N) is 1. The van der Waals surface area contributed by atoms with E-state index in [-0.39, 0.29) is 35.3 Å². The van der Waals surface area contributed by atoms with E-state index in [4.69, 9.17) is 10.5 Å². The van der Waals surface area contributed by atoms with Crippen LogP contribution in [0.5, 0.6) is 5.75 Å². The zero-order valence-corrected chi connectivity index (χ0v) is 21.5. The van der Waals surface area contributed by atoms with Gasteiger partial charge in [-0.15, -0.1) is 0 Å². The van der Waals surface area contributed by atoms with Gasteiger partial charge in [-0.05, 0) is 63.5 Å². The van der Waals surface area contributed by atoms with Crippen LogP contribution in [-0.2, 0) is 11.3 Å². The number of benzene rings is 1. The first kappa shape index (κ1) is 25.8. The van der Waals surface area contributed by atoms with Crippen molar-refractivity contribution < 1.29 is 18.3 Å². The number of anilines is 3. The zero-order chi connectivity index (χ0) is 26.8. The van der Waals surface area contributed by atoms with Gasteiger partial charge in [-0.1, -0.05) is 6.07 Å². The topological polar surface area (TPSA) is 110 Å². The molecular weight excluding hydrogens is 492 g/mol. The average Bonchev–Trinajstić information content (AvgIpc) is 2.90. The molecule has 2 aromatic heterocycles. The number of rotatable bonds is 7. The van der Waals surface area contributed by atoms with Crippen LogP contribution in [0.4, 0.5) is 26.2 Å². The fourth-order valence-electron chi connectivity index (χ4n) is 4.94. The molecule has 1 amide bonds. The van der Waals surface area contributed by atoms with Crippen LogP contribution in [0.3, 0.4) is 0 Å². The fourth-order valence-corrected chi connectivity index (χ4v) is 4.94. The Kier molecular flexibility index (Phi) is 7.37. The maximum Gasteiger partial charge on any atom is 0.229 e. The van der Waals surface area contributed by atoms with Crippen LogP contribution in [0.15, 0.2) is 36.7 Å². The second-order valence-electron chi connectivity index (χ2n) is 9.96. The number of aromatic nitrogens is 3. The van der Waals surface area contributed by atoms with E-state index in [9.17, 15) is 13.6 Å². The molecule has 0 atom stereocenters. The lowest BCUT2D eigenvalue weighted by Gasteiger charge is -2.34. The molecule has 1 aromatic carbocycles. The Morgan fingerprint density at radius 2 is 1.92 bits per heavy atom. The Balaban J connectivity index is 1.30. The molecule has 0 bridgehead atoms. The third kappa shape index (κ3) is 5.52. The van der Waals surface area contributed by atoms with Gasteiger partial charge in [0.25, 0.3) is 0 Å². The number of piperidine rings is 1. The van der Waals surface area contributed by atoms with Gasteiger partial charge in [-0.3, -0.25) is 9.69 Å². The highest BCUT2D eigenvalue weighted by molar-refractivity contribution is 5.76. The van der Waals surface area contributed by atoms with Crippen molar-refractivity contribution in [1.82, 2.24) is 19.9 Å². The van der Waals surface area contributed by atoms with Crippen LogP contribution < -0.4 is 20.7 Å². The third-order valence-corrected chi connectivity index (χ3v) is 7.01. The average molecular weight is 524 g/mol. The number of amides is 1. The van der Waals surface area contributed by atoms with E-state index in [0.29, 0.717) is 30.2 Å². The summed E-state index contributed by atoms with van der Waals surface area (Å²) in [6.07, 6.45) is 4.35. The number of hydrogen-bond donors (Lipinski definition) is 2. The molecule has 3 N–H and O–H groups in total. The molecule has 2 aliphatic rings. The predicted octanol–water partition coefficient (Wildman–Crippen LogP) is 3.86. The molecule has 4 heterocycles. The van der Waals surface area contributed by atoms with Gasteiger partial charge in [0.15, 0.2) is 17.4 Å². The molecule has 2 aliphatic heterocycles. The van der Waals surface area contributed by atoms with Crippen LogP contribution in [0.25, 0.3) is 11.3 Å². The summed E-state index contributed by atoms with van der Waals surface area (Å²) in [7, 11) is 0. The Bertz CT molecular complexity index is 1310. The lowest BCUT2D eigenvalue weighted by Crippen LogP contribution is -2.38. The van der Waals surface area contributed by atoms with Gasteiger partial charge in [0, 0.05) is 30.3 Å². The summed E-state index contributed by atoms with van der Waals surface area (Å²) in [5.74, 6) is -0.686. The van der Waals surface area contributed by atoms with E-state index in [1.165, 1.54) is 6.07 Å². The summed E-state index contributed by atoms with van der Waals surface area (Å²) in [5.41, 5.74) is 7.29. The second-order valence-corrected chi connectivity index (χ2v) is 9.96. The normalized spacial score (nSPS) is 16.3. The molecule has 0 spiro atoms. The molecule has 0 unspecified atom stereocenters. The Morgan fingerprint density at radius 3 is 2.61 bits per heavy atom. The summed E-state index contributed by atoms with van der Waals surface area (Å²) in [6, 6.07) is 6.80. The molecule has 3 aromatic rings. The summed E-state index contributed by atoms with van der Waals surface area (Å²) in [6.45, 7) is 7.36. The maximum absolute atomic E-state index is 14.9. The van der Waals surface area contributed by atoms with E-state index in [0.717, 1.165) is 44.2 Å². The number of ether oxygens (including phenoxy) is 1. The van der Waals surface area contributed by atoms with Gasteiger partial charge < -0.3 is 20.7 Å². The molecule has 200 valence electrons. The van der Waals surface area contributed by atoms with Crippen molar-refractivity contribution in [3.05, 3.63) is 53.9 Å². The first-order valence-corrected chi connectivity index (χ1v) is 12.8. The number of nitrogens with two attached hydrogens (primary N) is 1. The first-order chi connectivity index (χ1) is 18.3. The van der Waals surface area contributed by atoms with Crippen molar-refractivity contribution in [3.63, 3.8) is 0 Å². The number of pyridine rings is 1. The number of carbonyl (C=O) groups excluding carboxylic acids is 1. The number of nitrogens with zero attached hydrogens (tertiary/aromatic N) is 5. The van der Waals surface area contributed by atoms with Crippen molar-refractivity contribution in [3.8, 4) is 17.0 Å². The summed E-state index contributed by atoms with van der Waals surface area (Å²) in [5, 5.41) is 3.00. The Labute approximate surface area is 220 Å². The van der Waals surface area contributed by atoms with Gasteiger partial charge in [0.05, 0.1) is 18.4 Å². The minimum absolute atomic E-state index is 0.0190. The van der Waals surface area contributed by atoms with Gasteiger partial charge in [0.1, 0.15) is 18.1 Å². The van der Waals surface area contributed by atoms with Crippen molar-refractivity contribution in [2.75, 3.05) is 36.5 Å². The van der Waals surface area contributed by atoms with Gasteiger partial charge >= 0.3 is 0 Å². The monoisotopic (exact) mass is 523 g/mol. The largest absolute Gasteiger partial charge is 0.486 e. The molecule has 9 nitrogen and oxygen atoms in total. The van der Waals surface area contributed by atoms with Crippen molar-refractivity contribution >= 4 is 23.4 Å². The van der Waals surface area contributed by atoms with E-state index < -0.39 is 11.6 Å². The highest BCUT2D eigenvalue weighted by Crippen LogP contribution is 2.39. The number of hydrogen-bond acceptors (Lipinski definition) is 8. The minimum Gasteiger partial charge on any atom is -0.486 e. The summed E-state index contributed by atoms with van der Waals surface area (Å²) in [4.78, 5) is 28.5. The van der Waals surface area contributed by atoms with Crippen molar-refractivity contribution in [1.29, 1.82) is 0 Å². The molecule has 5 rings (SSSR count). The van der Waals surface area contributed by atoms with Gasteiger partial charge in [-0.25, -0.2) is 23.7 Å². The molecule has 11 heteroatoms. The molecule has 1 fully saturated rings. The number of likely N-dealkylation sites (tertiary alicyclic amines) is 1. The number of fused-ring (bicyclic) bond motifs is 1. The number of primary amides is 1. The molecular formula is C27H31F2N7O2. The maximum atomic E-state index is 14.9. The first-order valence-electron chi connectivity index (χ1n) is 12.8. The minimum atomic E-state index is -0.661. The molecule has 0 saturated carbocycles. The quantitative estimate of drug-likeness (QED) is 0.481. The zero-order valence-electron chi connectivity index (χ0n) is 21.5. The third-order valence-electron chi connectivity index (χ3n) is 7.01. The highest BCUT2D eigenvalue weighted by Gasteiger charge is 2.26. The molecule has 1 saturated heterocycles. The van der Waals surface area contributed by atoms with Crippen LogP contribution in [0, 0.1) is 17.6 Å². The highest BCUT2D eigenvalue weighted by atomic mass is 19.1. The van der Waals surface area contributed by atoms with E-state index in [1.807, 2.05) is 24.8 Å². The summed E-state index contributed by atoms with van der Waals surface area (Å²) >= 11 is 0.